The third kappa shape index (κ3) is 8.73. The van der Waals surface area contributed by atoms with Gasteiger partial charge in [0.2, 0.25) is 0 Å². The van der Waals surface area contributed by atoms with Gasteiger partial charge in [-0.25, -0.2) is 0 Å². The molecule has 3 aromatic heterocycles. The van der Waals surface area contributed by atoms with Crippen molar-refractivity contribution >= 4 is 34.0 Å². The summed E-state index contributed by atoms with van der Waals surface area (Å²) in [6.45, 7) is 8.02. The summed E-state index contributed by atoms with van der Waals surface area (Å²) in [6, 6.07) is 30.3. The van der Waals surface area contributed by atoms with E-state index in [-0.39, 0.29) is 0 Å². The average Bonchev–Trinajstić information content (AvgIpc) is 3.77. The maximum Gasteiger partial charge on any atom is 0.0701 e. The molecule has 0 N–H and O–H groups in total. The molecule has 0 unspecified atom stereocenters. The molecule has 0 spiro atoms. The highest BCUT2D eigenvalue weighted by atomic mass is 32.1. The molecule has 0 bridgehead atoms. The molecule has 210 valence electrons. The molecule has 0 fully saturated rings. The molecule has 0 saturated heterocycles. The van der Waals surface area contributed by atoms with Crippen LogP contribution in [0.25, 0.3) is 29.9 Å². The van der Waals surface area contributed by atoms with Crippen molar-refractivity contribution in [1.29, 1.82) is 0 Å². The Hall–Kier alpha value is -3.02. The molecule has 0 atom stereocenters. The lowest BCUT2D eigenvalue weighted by Gasteiger charge is -2.05. The fourth-order valence-electron chi connectivity index (χ4n) is 4.13. The number of hydrogen-bond acceptors (Lipinski definition) is 6. The first kappa shape index (κ1) is 29.5. The van der Waals surface area contributed by atoms with Crippen molar-refractivity contribution in [2.24, 2.45) is 0 Å². The second-order valence-electron chi connectivity index (χ2n) is 9.46. The first-order valence-corrected chi connectivity index (χ1v) is 16.3. The number of aryl methyl sites for hydroxylation is 1. The SMILES string of the molecule is CCOCCOCCOCCc1ccc(-c2ccc(-c3ccc(-c4ccc(C#Cc5ccc(C)cc5)cc4)s3)s2)s1. The van der Waals surface area contributed by atoms with Crippen LogP contribution in [0, 0.1) is 18.8 Å². The summed E-state index contributed by atoms with van der Waals surface area (Å²) in [7, 11) is 0. The van der Waals surface area contributed by atoms with Crippen LogP contribution in [0.4, 0.5) is 0 Å². The molecular weight excluding hydrogens is 565 g/mol. The van der Waals surface area contributed by atoms with Crippen molar-refractivity contribution in [3.63, 3.8) is 0 Å². The zero-order valence-corrected chi connectivity index (χ0v) is 25.9. The van der Waals surface area contributed by atoms with Gasteiger partial charge in [0.25, 0.3) is 0 Å². The van der Waals surface area contributed by atoms with Gasteiger partial charge in [-0.15, -0.1) is 34.0 Å². The molecule has 0 aliphatic heterocycles. The second kappa shape index (κ2) is 15.3. The summed E-state index contributed by atoms with van der Waals surface area (Å²) in [5, 5.41) is 0. The van der Waals surface area contributed by atoms with Gasteiger partial charge in [-0.05, 0) is 80.1 Å². The number of ether oxygens (including phenoxy) is 3. The van der Waals surface area contributed by atoms with Crippen LogP contribution in [0.1, 0.15) is 28.5 Å². The van der Waals surface area contributed by atoms with Gasteiger partial charge in [0.15, 0.2) is 0 Å². The number of thiophene rings is 3. The minimum absolute atomic E-state index is 0.611. The standard InChI is InChI=1S/C35H34O3S3/c1-3-36-22-23-38-25-24-37-21-20-30-14-15-32(39-30)33-18-19-35(41-33)34-17-16-31(40-34)29-12-10-28(11-13-29)9-8-27-6-4-26(2)5-7-27/h4-7,10-19H,3,20-25H2,1-2H3. The summed E-state index contributed by atoms with van der Waals surface area (Å²) >= 11 is 5.55. The molecule has 0 amide bonds. The van der Waals surface area contributed by atoms with E-state index in [1.165, 1.54) is 40.4 Å². The van der Waals surface area contributed by atoms with Crippen LogP contribution in [0.3, 0.4) is 0 Å². The number of hydrogen-bond donors (Lipinski definition) is 0. The van der Waals surface area contributed by atoms with Gasteiger partial charge in [-0.3, -0.25) is 0 Å². The van der Waals surface area contributed by atoms with Crippen molar-refractivity contribution < 1.29 is 14.2 Å². The smallest absolute Gasteiger partial charge is 0.0701 e. The highest BCUT2D eigenvalue weighted by Gasteiger charge is 2.11. The molecule has 0 saturated carbocycles. The minimum atomic E-state index is 0.611. The van der Waals surface area contributed by atoms with E-state index in [0.717, 1.165) is 24.2 Å². The minimum Gasteiger partial charge on any atom is -0.379 e. The van der Waals surface area contributed by atoms with Gasteiger partial charge in [0.05, 0.1) is 33.0 Å². The Balaban J connectivity index is 1.12. The van der Waals surface area contributed by atoms with E-state index in [4.69, 9.17) is 14.2 Å². The largest absolute Gasteiger partial charge is 0.379 e. The molecule has 6 heteroatoms. The zero-order chi connectivity index (χ0) is 28.3. The average molecular weight is 599 g/mol. The van der Waals surface area contributed by atoms with E-state index in [1.54, 1.807) is 0 Å². The van der Waals surface area contributed by atoms with E-state index < -0.39 is 0 Å². The topological polar surface area (TPSA) is 27.7 Å². The Kier molecular flexibility index (Phi) is 11.0. The van der Waals surface area contributed by atoms with Crippen LogP contribution in [-0.2, 0) is 20.6 Å². The van der Waals surface area contributed by atoms with Gasteiger partial charge in [-0.1, -0.05) is 41.7 Å². The van der Waals surface area contributed by atoms with Gasteiger partial charge in [0, 0.05) is 53.4 Å². The van der Waals surface area contributed by atoms with Crippen LogP contribution >= 0.6 is 34.0 Å². The van der Waals surface area contributed by atoms with Crippen molar-refractivity contribution in [1.82, 2.24) is 0 Å². The summed E-state index contributed by atoms with van der Waals surface area (Å²) in [5.41, 5.74) is 4.54. The predicted molar refractivity (Wildman–Crippen MR) is 175 cm³/mol. The Labute approximate surface area is 255 Å². The molecule has 3 heterocycles. The van der Waals surface area contributed by atoms with Gasteiger partial charge < -0.3 is 14.2 Å². The van der Waals surface area contributed by atoms with Crippen molar-refractivity contribution in [3.05, 3.63) is 106 Å². The highest BCUT2D eigenvalue weighted by molar-refractivity contribution is 7.27. The Morgan fingerprint density at radius 2 is 1.00 bits per heavy atom. The van der Waals surface area contributed by atoms with Crippen LogP contribution in [0.15, 0.2) is 84.9 Å². The van der Waals surface area contributed by atoms with Crippen LogP contribution < -0.4 is 0 Å². The summed E-state index contributed by atoms with van der Waals surface area (Å²) in [6.07, 6.45) is 0.923. The van der Waals surface area contributed by atoms with E-state index >= 15 is 0 Å². The first-order valence-electron chi connectivity index (χ1n) is 13.9. The van der Waals surface area contributed by atoms with E-state index in [9.17, 15) is 0 Å². The maximum absolute atomic E-state index is 5.74. The fourth-order valence-corrected chi connectivity index (χ4v) is 7.32. The van der Waals surface area contributed by atoms with Crippen molar-refractivity contribution in [3.8, 4) is 41.8 Å². The van der Waals surface area contributed by atoms with E-state index in [1.807, 2.05) is 40.9 Å². The fraction of sp³-hybridized carbons (Fsp3) is 0.257. The molecule has 0 aliphatic carbocycles. The highest BCUT2D eigenvalue weighted by Crippen LogP contribution is 2.41. The molecular formula is C35H34O3S3. The number of benzene rings is 2. The normalized spacial score (nSPS) is 11.0. The van der Waals surface area contributed by atoms with Crippen molar-refractivity contribution in [2.75, 3.05) is 39.6 Å². The monoisotopic (exact) mass is 598 g/mol. The molecule has 3 nitrogen and oxygen atoms in total. The van der Waals surface area contributed by atoms with Crippen molar-refractivity contribution in [2.45, 2.75) is 20.3 Å². The Morgan fingerprint density at radius 3 is 1.63 bits per heavy atom. The molecule has 5 aromatic rings. The number of rotatable bonds is 13. The first-order chi connectivity index (χ1) is 20.2. The molecule has 41 heavy (non-hydrogen) atoms. The second-order valence-corrected chi connectivity index (χ2v) is 12.8. The third-order valence-electron chi connectivity index (χ3n) is 6.37. The lowest BCUT2D eigenvalue weighted by Crippen LogP contribution is -2.10. The predicted octanol–water partition coefficient (Wildman–Crippen LogP) is 9.19. The zero-order valence-electron chi connectivity index (χ0n) is 23.5. The van der Waals surface area contributed by atoms with Crippen LogP contribution in [0.2, 0.25) is 0 Å². The van der Waals surface area contributed by atoms with Crippen LogP contribution in [0.5, 0.6) is 0 Å². The summed E-state index contributed by atoms with van der Waals surface area (Å²) in [5.74, 6) is 6.53. The Bertz CT molecular complexity index is 1560. The molecule has 2 aromatic carbocycles. The van der Waals surface area contributed by atoms with Gasteiger partial charge in [0.1, 0.15) is 0 Å². The van der Waals surface area contributed by atoms with Gasteiger partial charge in [-0.2, -0.15) is 0 Å². The lowest BCUT2D eigenvalue weighted by molar-refractivity contribution is 0.0176. The summed E-state index contributed by atoms with van der Waals surface area (Å²) in [4.78, 5) is 7.84. The molecule has 0 radical (unpaired) electrons. The third-order valence-corrected chi connectivity index (χ3v) is 10.1. The molecule has 5 rings (SSSR count). The van der Waals surface area contributed by atoms with E-state index in [2.05, 4.69) is 104 Å². The van der Waals surface area contributed by atoms with Gasteiger partial charge >= 0.3 is 0 Å². The molecule has 0 aliphatic rings. The summed E-state index contributed by atoms with van der Waals surface area (Å²) < 4.78 is 16.5. The lowest BCUT2D eigenvalue weighted by atomic mass is 10.1. The Morgan fingerprint density at radius 1 is 0.512 bits per heavy atom. The van der Waals surface area contributed by atoms with Crippen LogP contribution in [-0.4, -0.2) is 39.6 Å². The quantitative estimate of drug-likeness (QED) is 0.0999. The van der Waals surface area contributed by atoms with E-state index in [0.29, 0.717) is 33.0 Å². The maximum atomic E-state index is 5.74.